The summed E-state index contributed by atoms with van der Waals surface area (Å²) in [6, 6.07) is 9.41. The number of alkyl halides is 3. The number of aromatic nitrogens is 4. The number of benzene rings is 1. The highest BCUT2D eigenvalue weighted by Crippen LogP contribution is 2.30. The van der Waals surface area contributed by atoms with E-state index in [9.17, 15) is 18.0 Å². The van der Waals surface area contributed by atoms with Gasteiger partial charge in [0.1, 0.15) is 11.3 Å². The van der Waals surface area contributed by atoms with E-state index in [1.54, 1.807) is 29.8 Å². The van der Waals surface area contributed by atoms with Gasteiger partial charge in [-0.25, -0.2) is 4.52 Å². The van der Waals surface area contributed by atoms with Crippen LogP contribution in [0.4, 0.5) is 18.9 Å². The third-order valence-electron chi connectivity index (χ3n) is 4.64. The minimum atomic E-state index is -4.54. The molecule has 4 aromatic rings. The number of pyridine rings is 1. The molecule has 0 aliphatic rings. The van der Waals surface area contributed by atoms with Crippen LogP contribution in [0.5, 0.6) is 0 Å². The Bertz CT molecular complexity index is 1270. The number of hydrogen-bond acceptors (Lipinski definition) is 4. The van der Waals surface area contributed by atoms with Gasteiger partial charge in [0.05, 0.1) is 16.6 Å². The van der Waals surface area contributed by atoms with E-state index in [1.165, 1.54) is 10.6 Å². The SMILES string of the molecule is CN(C)c1ccc2c(c1)c(=O)n(C)c1cc(-c3ccnc(C(F)(F)F)c3)nn21. The lowest BCUT2D eigenvalue weighted by atomic mass is 10.1. The largest absolute Gasteiger partial charge is 0.433 e. The molecule has 0 fully saturated rings. The minimum Gasteiger partial charge on any atom is -0.378 e. The van der Waals surface area contributed by atoms with Crippen LogP contribution >= 0.6 is 0 Å². The molecule has 0 saturated carbocycles. The Morgan fingerprint density at radius 1 is 1.07 bits per heavy atom. The van der Waals surface area contributed by atoms with E-state index < -0.39 is 11.9 Å². The van der Waals surface area contributed by atoms with Gasteiger partial charge in [-0.2, -0.15) is 18.3 Å². The van der Waals surface area contributed by atoms with Crippen LogP contribution < -0.4 is 10.5 Å². The zero-order valence-electron chi connectivity index (χ0n) is 15.3. The van der Waals surface area contributed by atoms with Crippen molar-refractivity contribution in [3.8, 4) is 11.3 Å². The summed E-state index contributed by atoms with van der Waals surface area (Å²) < 4.78 is 41.9. The van der Waals surface area contributed by atoms with E-state index in [4.69, 9.17) is 0 Å². The quantitative estimate of drug-likeness (QED) is 0.530. The fourth-order valence-electron chi connectivity index (χ4n) is 3.12. The normalized spacial score (nSPS) is 12.1. The second-order valence-electron chi connectivity index (χ2n) is 6.69. The molecule has 3 heterocycles. The lowest BCUT2D eigenvalue weighted by molar-refractivity contribution is -0.141. The van der Waals surface area contributed by atoms with E-state index in [2.05, 4.69) is 10.1 Å². The van der Waals surface area contributed by atoms with Gasteiger partial charge in [-0.05, 0) is 30.3 Å². The van der Waals surface area contributed by atoms with E-state index >= 15 is 0 Å². The zero-order chi connectivity index (χ0) is 20.2. The van der Waals surface area contributed by atoms with Crippen molar-refractivity contribution in [1.82, 2.24) is 19.2 Å². The molecule has 144 valence electrons. The molecule has 0 amide bonds. The molecule has 0 saturated heterocycles. The number of fused-ring (bicyclic) bond motifs is 3. The van der Waals surface area contributed by atoms with Gasteiger partial charge in [-0.15, -0.1) is 0 Å². The molecular formula is C19H16F3N5O. The first-order valence-corrected chi connectivity index (χ1v) is 8.40. The molecule has 0 bridgehead atoms. The van der Waals surface area contributed by atoms with Crippen LogP contribution in [0.2, 0.25) is 0 Å². The molecular weight excluding hydrogens is 371 g/mol. The van der Waals surface area contributed by atoms with Crippen LogP contribution in [-0.2, 0) is 13.2 Å². The highest BCUT2D eigenvalue weighted by molar-refractivity contribution is 5.85. The van der Waals surface area contributed by atoms with Crippen molar-refractivity contribution in [2.24, 2.45) is 7.05 Å². The Balaban J connectivity index is 1.98. The second-order valence-corrected chi connectivity index (χ2v) is 6.69. The van der Waals surface area contributed by atoms with Crippen LogP contribution in [0.1, 0.15) is 5.69 Å². The van der Waals surface area contributed by atoms with E-state index in [0.717, 1.165) is 18.0 Å². The summed E-state index contributed by atoms with van der Waals surface area (Å²) >= 11 is 0. The Morgan fingerprint density at radius 3 is 2.50 bits per heavy atom. The third-order valence-corrected chi connectivity index (χ3v) is 4.64. The maximum absolute atomic E-state index is 13.0. The first-order chi connectivity index (χ1) is 13.2. The van der Waals surface area contributed by atoms with Crippen LogP contribution in [-0.4, -0.2) is 33.3 Å². The average Bonchev–Trinajstić information content (AvgIpc) is 3.11. The van der Waals surface area contributed by atoms with Crippen molar-refractivity contribution in [2.45, 2.75) is 6.18 Å². The standard InChI is InChI=1S/C19H16F3N5O/c1-25(2)12-4-5-15-13(9-12)18(28)26(3)17-10-14(24-27(15)17)11-6-7-23-16(8-11)19(20,21)22/h4-10H,1-3H3. The second kappa shape index (κ2) is 6.08. The van der Waals surface area contributed by atoms with Gasteiger partial charge in [0, 0.05) is 44.7 Å². The Kier molecular flexibility index (Phi) is 3.91. The molecule has 0 N–H and O–H groups in total. The Labute approximate surface area is 157 Å². The lowest BCUT2D eigenvalue weighted by Gasteiger charge is -2.13. The van der Waals surface area contributed by atoms with Gasteiger partial charge >= 0.3 is 6.18 Å². The van der Waals surface area contributed by atoms with Crippen molar-refractivity contribution in [3.05, 3.63) is 58.6 Å². The van der Waals surface area contributed by atoms with Gasteiger partial charge < -0.3 is 4.90 Å². The monoisotopic (exact) mass is 387 g/mol. The lowest BCUT2D eigenvalue weighted by Crippen LogP contribution is -2.20. The van der Waals surface area contributed by atoms with Gasteiger partial charge in [0.15, 0.2) is 0 Å². The summed E-state index contributed by atoms with van der Waals surface area (Å²) in [7, 11) is 5.36. The average molecular weight is 387 g/mol. The van der Waals surface area contributed by atoms with Gasteiger partial charge in [-0.1, -0.05) is 0 Å². The zero-order valence-corrected chi connectivity index (χ0v) is 15.3. The van der Waals surface area contributed by atoms with Crippen molar-refractivity contribution in [2.75, 3.05) is 19.0 Å². The number of rotatable bonds is 2. The molecule has 4 rings (SSSR count). The minimum absolute atomic E-state index is 0.205. The number of aryl methyl sites for hydroxylation is 1. The van der Waals surface area contributed by atoms with Crippen molar-refractivity contribution < 1.29 is 13.2 Å². The van der Waals surface area contributed by atoms with Gasteiger partial charge in [0.25, 0.3) is 5.56 Å². The smallest absolute Gasteiger partial charge is 0.378 e. The maximum atomic E-state index is 13.0. The van der Waals surface area contributed by atoms with Crippen molar-refractivity contribution in [3.63, 3.8) is 0 Å². The summed E-state index contributed by atoms with van der Waals surface area (Å²) in [6.07, 6.45) is -3.44. The molecule has 0 radical (unpaired) electrons. The molecule has 0 aliphatic heterocycles. The summed E-state index contributed by atoms with van der Waals surface area (Å²) in [4.78, 5) is 18.1. The summed E-state index contributed by atoms with van der Waals surface area (Å²) in [5.74, 6) is 0. The van der Waals surface area contributed by atoms with E-state index in [0.29, 0.717) is 22.2 Å². The van der Waals surface area contributed by atoms with Gasteiger partial charge in [0.2, 0.25) is 0 Å². The molecule has 3 aromatic heterocycles. The maximum Gasteiger partial charge on any atom is 0.433 e. The summed E-state index contributed by atoms with van der Waals surface area (Å²) in [5, 5.41) is 4.93. The molecule has 0 unspecified atom stereocenters. The highest BCUT2D eigenvalue weighted by atomic mass is 19.4. The number of halogens is 3. The molecule has 0 aliphatic carbocycles. The Hall–Kier alpha value is -3.36. The van der Waals surface area contributed by atoms with Gasteiger partial charge in [-0.3, -0.25) is 14.3 Å². The Morgan fingerprint density at radius 2 is 1.82 bits per heavy atom. The summed E-state index contributed by atoms with van der Waals surface area (Å²) in [6.45, 7) is 0. The van der Waals surface area contributed by atoms with Crippen molar-refractivity contribution >= 4 is 22.2 Å². The number of nitrogens with zero attached hydrogens (tertiary/aromatic N) is 5. The van der Waals surface area contributed by atoms with Crippen molar-refractivity contribution in [1.29, 1.82) is 0 Å². The molecule has 1 aromatic carbocycles. The molecule has 28 heavy (non-hydrogen) atoms. The first kappa shape index (κ1) is 18.0. The fourth-order valence-corrected chi connectivity index (χ4v) is 3.12. The molecule has 0 atom stereocenters. The van der Waals surface area contributed by atoms with Crippen LogP contribution in [0.15, 0.2) is 47.4 Å². The predicted octanol–water partition coefficient (Wildman–Crippen LogP) is 3.33. The van der Waals surface area contributed by atoms with Crippen LogP contribution in [0.25, 0.3) is 27.8 Å². The molecule has 0 spiro atoms. The first-order valence-electron chi connectivity index (χ1n) is 8.40. The summed E-state index contributed by atoms with van der Waals surface area (Å²) in [5.41, 5.74) is 1.33. The van der Waals surface area contributed by atoms with E-state index in [1.807, 2.05) is 25.1 Å². The fraction of sp³-hybridized carbons (Fsp3) is 0.211. The topological polar surface area (TPSA) is 55.4 Å². The van der Waals surface area contributed by atoms with E-state index in [-0.39, 0.29) is 11.1 Å². The highest BCUT2D eigenvalue weighted by Gasteiger charge is 2.32. The third kappa shape index (κ3) is 2.79. The van der Waals surface area contributed by atoms with Crippen LogP contribution in [0.3, 0.4) is 0 Å². The molecule has 6 nitrogen and oxygen atoms in total. The van der Waals surface area contributed by atoms with Crippen LogP contribution in [0, 0.1) is 0 Å². The number of anilines is 1. The predicted molar refractivity (Wildman–Crippen MR) is 100 cm³/mol. The molecule has 9 heteroatoms. The number of hydrogen-bond donors (Lipinski definition) is 0.